The Hall–Kier alpha value is -2.59. The molecule has 0 saturated carbocycles. The molecule has 0 bridgehead atoms. The smallest absolute Gasteiger partial charge is 0.277 e. The number of nitrogens with one attached hydrogen (secondary N) is 2. The predicted molar refractivity (Wildman–Crippen MR) is 98.6 cm³/mol. The molecular weight excluding hydrogens is 376 g/mol. The Labute approximate surface area is 154 Å². The predicted octanol–water partition coefficient (Wildman–Crippen LogP) is 2.80. The summed E-state index contributed by atoms with van der Waals surface area (Å²) in [6.07, 6.45) is 2.82. The first kappa shape index (κ1) is 18.2. The third-order valence-corrected chi connectivity index (χ3v) is 4.90. The molecule has 0 aliphatic rings. The molecule has 0 spiro atoms. The van der Waals surface area contributed by atoms with E-state index >= 15 is 0 Å². The van der Waals surface area contributed by atoms with Gasteiger partial charge in [-0.05, 0) is 43.3 Å². The molecule has 0 aliphatic heterocycles. The number of sulfonamides is 1. The molecule has 2 N–H and O–H groups in total. The van der Waals surface area contributed by atoms with E-state index in [4.69, 9.17) is 4.42 Å². The number of anilines is 1. The van der Waals surface area contributed by atoms with Gasteiger partial charge in [-0.25, -0.2) is 8.42 Å². The minimum atomic E-state index is -3.35. The maximum atomic E-state index is 12.5. The fraction of sp³-hybridized carbons (Fsp3) is 0.188. The molecule has 0 saturated heterocycles. The highest BCUT2D eigenvalue weighted by atomic mass is 32.2. The van der Waals surface area contributed by atoms with Gasteiger partial charge in [-0.1, -0.05) is 11.8 Å². The minimum Gasteiger partial charge on any atom is -0.410 e. The van der Waals surface area contributed by atoms with Crippen LogP contribution in [0.1, 0.15) is 17.3 Å². The number of rotatable bonds is 7. The van der Waals surface area contributed by atoms with Crippen LogP contribution in [-0.2, 0) is 10.0 Å². The summed E-state index contributed by atoms with van der Waals surface area (Å²) >= 11 is 1.16. The van der Waals surface area contributed by atoms with Gasteiger partial charge in [0.05, 0.1) is 11.5 Å². The summed E-state index contributed by atoms with van der Waals surface area (Å²) in [5, 5.41) is 7.74. The van der Waals surface area contributed by atoms with Crippen LogP contribution in [0, 0.1) is 0 Å². The molecule has 0 aliphatic carbocycles. The monoisotopic (exact) mass is 392 g/mol. The van der Waals surface area contributed by atoms with Gasteiger partial charge >= 0.3 is 0 Å². The quantitative estimate of drug-likeness (QED) is 0.469. The second-order valence-electron chi connectivity index (χ2n) is 5.53. The molecule has 136 valence electrons. The normalized spacial score (nSPS) is 12.7. The van der Waals surface area contributed by atoms with Crippen molar-refractivity contribution in [1.82, 2.24) is 15.2 Å². The lowest BCUT2D eigenvalue weighted by molar-refractivity contribution is 0.0993. The molecule has 26 heavy (non-hydrogen) atoms. The van der Waals surface area contributed by atoms with E-state index in [0.29, 0.717) is 28.1 Å². The Balaban J connectivity index is 1.66. The van der Waals surface area contributed by atoms with Gasteiger partial charge in [0.15, 0.2) is 5.78 Å². The fourth-order valence-electron chi connectivity index (χ4n) is 2.19. The Bertz CT molecular complexity index is 995. The third-order valence-electron chi connectivity index (χ3n) is 3.35. The standard InChI is InChI=1S/C16H16N4O4S2/c1-10(25-16-19-18-15(24-16)13-4-3-9-17-13)14(21)11-5-7-12(8-6-11)20-26(2,22)23/h3-10,17,20H,1-2H3. The lowest BCUT2D eigenvalue weighted by atomic mass is 10.1. The molecule has 2 heterocycles. The number of thioether (sulfide) groups is 1. The minimum absolute atomic E-state index is 0.125. The Morgan fingerprint density at radius 2 is 1.96 bits per heavy atom. The van der Waals surface area contributed by atoms with Gasteiger partial charge in [-0.3, -0.25) is 9.52 Å². The number of carbonyl (C=O) groups is 1. The first-order valence-electron chi connectivity index (χ1n) is 7.58. The number of nitrogens with zero attached hydrogens (tertiary/aromatic N) is 2. The van der Waals surface area contributed by atoms with E-state index in [1.165, 1.54) is 0 Å². The molecule has 3 aromatic rings. The van der Waals surface area contributed by atoms with Crippen LogP contribution in [0.5, 0.6) is 0 Å². The van der Waals surface area contributed by atoms with Crippen molar-refractivity contribution >= 4 is 33.3 Å². The van der Waals surface area contributed by atoms with E-state index in [0.717, 1.165) is 18.0 Å². The Morgan fingerprint density at radius 1 is 1.23 bits per heavy atom. The fourth-order valence-corrected chi connectivity index (χ4v) is 3.51. The van der Waals surface area contributed by atoms with Gasteiger partial charge < -0.3 is 9.40 Å². The number of benzene rings is 1. The van der Waals surface area contributed by atoms with Gasteiger partial charge in [0, 0.05) is 17.4 Å². The number of carbonyl (C=O) groups excluding carboxylic acids is 1. The van der Waals surface area contributed by atoms with Crippen LogP contribution in [0.4, 0.5) is 5.69 Å². The van der Waals surface area contributed by atoms with Gasteiger partial charge in [-0.2, -0.15) is 0 Å². The van der Waals surface area contributed by atoms with Gasteiger partial charge in [0.1, 0.15) is 5.69 Å². The average Bonchev–Trinajstić information content (AvgIpc) is 3.24. The summed E-state index contributed by atoms with van der Waals surface area (Å²) < 4.78 is 30.3. The van der Waals surface area contributed by atoms with Crippen molar-refractivity contribution in [3.8, 4) is 11.6 Å². The highest BCUT2D eigenvalue weighted by Gasteiger charge is 2.20. The van der Waals surface area contributed by atoms with E-state index in [-0.39, 0.29) is 5.78 Å². The Kier molecular flexibility index (Phi) is 5.14. The van der Waals surface area contributed by atoms with Gasteiger partial charge in [0.2, 0.25) is 10.0 Å². The van der Waals surface area contributed by atoms with Gasteiger partial charge in [0.25, 0.3) is 11.1 Å². The third kappa shape index (κ3) is 4.52. The van der Waals surface area contributed by atoms with Crippen molar-refractivity contribution < 1.29 is 17.6 Å². The maximum Gasteiger partial charge on any atom is 0.277 e. The zero-order valence-electron chi connectivity index (χ0n) is 14.0. The Morgan fingerprint density at radius 3 is 2.58 bits per heavy atom. The van der Waals surface area contributed by atoms with E-state index < -0.39 is 15.3 Å². The van der Waals surface area contributed by atoms with Crippen molar-refractivity contribution in [1.29, 1.82) is 0 Å². The molecule has 10 heteroatoms. The zero-order valence-corrected chi connectivity index (χ0v) is 15.6. The first-order valence-corrected chi connectivity index (χ1v) is 10.3. The molecule has 3 rings (SSSR count). The number of ketones is 1. The summed E-state index contributed by atoms with van der Waals surface area (Å²) in [7, 11) is -3.35. The second-order valence-corrected chi connectivity index (χ2v) is 8.57. The topological polar surface area (TPSA) is 118 Å². The SMILES string of the molecule is CC(Sc1nnc(-c2ccc[nH]2)o1)C(=O)c1ccc(NS(C)(=O)=O)cc1. The van der Waals surface area contributed by atoms with Gasteiger partial charge in [-0.15, -0.1) is 10.2 Å². The van der Waals surface area contributed by atoms with Crippen LogP contribution in [0.15, 0.2) is 52.2 Å². The zero-order chi connectivity index (χ0) is 18.7. The van der Waals surface area contributed by atoms with Crippen LogP contribution in [0.3, 0.4) is 0 Å². The molecule has 8 nitrogen and oxygen atoms in total. The van der Waals surface area contributed by atoms with Crippen LogP contribution in [0.2, 0.25) is 0 Å². The van der Waals surface area contributed by atoms with Crippen LogP contribution in [-0.4, -0.2) is 40.9 Å². The molecule has 1 atom stereocenters. The molecular formula is C16H16N4O4S2. The highest BCUT2D eigenvalue weighted by molar-refractivity contribution is 8.00. The number of hydrogen-bond donors (Lipinski definition) is 2. The number of H-pyrrole nitrogens is 1. The largest absolute Gasteiger partial charge is 0.410 e. The lowest BCUT2D eigenvalue weighted by Crippen LogP contribution is -2.14. The van der Waals surface area contributed by atoms with Crippen molar-refractivity contribution in [2.24, 2.45) is 0 Å². The summed E-state index contributed by atoms with van der Waals surface area (Å²) in [4.78, 5) is 15.5. The van der Waals surface area contributed by atoms with Crippen molar-refractivity contribution in [2.75, 3.05) is 11.0 Å². The highest BCUT2D eigenvalue weighted by Crippen LogP contribution is 2.27. The molecule has 1 unspecified atom stereocenters. The maximum absolute atomic E-state index is 12.5. The number of aromatic amines is 1. The average molecular weight is 392 g/mol. The number of Topliss-reactive ketones (excluding diaryl/α,β-unsaturated/α-hetero) is 1. The van der Waals surface area contributed by atoms with Crippen molar-refractivity contribution in [3.63, 3.8) is 0 Å². The van der Waals surface area contributed by atoms with E-state index in [1.807, 2.05) is 12.1 Å². The molecule has 0 radical (unpaired) electrons. The first-order chi connectivity index (χ1) is 12.3. The molecule has 0 amide bonds. The number of aromatic nitrogens is 3. The van der Waals surface area contributed by atoms with E-state index in [1.54, 1.807) is 37.4 Å². The van der Waals surface area contributed by atoms with Crippen LogP contribution in [0.25, 0.3) is 11.6 Å². The van der Waals surface area contributed by atoms with E-state index in [2.05, 4.69) is 19.9 Å². The van der Waals surface area contributed by atoms with Crippen molar-refractivity contribution in [2.45, 2.75) is 17.4 Å². The molecule has 1 aromatic carbocycles. The summed E-state index contributed by atoms with van der Waals surface area (Å²) in [6.45, 7) is 1.74. The second kappa shape index (κ2) is 7.34. The molecule has 0 fully saturated rings. The number of hydrogen-bond acceptors (Lipinski definition) is 7. The summed E-state index contributed by atoms with van der Waals surface area (Å²) in [5.41, 5.74) is 1.57. The summed E-state index contributed by atoms with van der Waals surface area (Å²) in [6, 6.07) is 9.86. The van der Waals surface area contributed by atoms with Crippen LogP contribution < -0.4 is 4.72 Å². The van der Waals surface area contributed by atoms with Crippen molar-refractivity contribution in [3.05, 3.63) is 48.2 Å². The van der Waals surface area contributed by atoms with E-state index in [9.17, 15) is 13.2 Å². The lowest BCUT2D eigenvalue weighted by Gasteiger charge is -2.09. The van der Waals surface area contributed by atoms with Crippen LogP contribution >= 0.6 is 11.8 Å². The summed E-state index contributed by atoms with van der Waals surface area (Å²) in [5.74, 6) is 0.230. The molecule has 2 aromatic heterocycles.